The number of benzene rings is 2. The summed E-state index contributed by atoms with van der Waals surface area (Å²) in [5.41, 5.74) is 3.76. The maximum Gasteiger partial charge on any atom is 0.294 e. The Morgan fingerprint density at radius 1 is 0.968 bits per heavy atom. The summed E-state index contributed by atoms with van der Waals surface area (Å²) < 4.78 is 60.6. The SMILES string of the molecule is Cc1ccc(S(=O)(=O)O)cc1CCCNS(=O)(=O)c1cccc(C)c1-c1cccnc1. The van der Waals surface area contributed by atoms with Gasteiger partial charge in [0.2, 0.25) is 10.0 Å². The van der Waals surface area contributed by atoms with Crippen LogP contribution in [0, 0.1) is 13.8 Å². The highest BCUT2D eigenvalue weighted by molar-refractivity contribution is 7.89. The van der Waals surface area contributed by atoms with E-state index in [9.17, 15) is 21.4 Å². The quantitative estimate of drug-likeness (QED) is 0.393. The molecule has 31 heavy (non-hydrogen) atoms. The minimum Gasteiger partial charge on any atom is -0.282 e. The van der Waals surface area contributed by atoms with Gasteiger partial charge in [0.05, 0.1) is 9.79 Å². The van der Waals surface area contributed by atoms with E-state index in [4.69, 9.17) is 0 Å². The summed E-state index contributed by atoms with van der Waals surface area (Å²) >= 11 is 0. The molecule has 0 amide bonds. The highest BCUT2D eigenvalue weighted by atomic mass is 32.2. The normalized spacial score (nSPS) is 12.1. The zero-order chi connectivity index (χ0) is 22.6. The van der Waals surface area contributed by atoms with Crippen LogP contribution >= 0.6 is 0 Å². The highest BCUT2D eigenvalue weighted by Crippen LogP contribution is 2.30. The molecule has 1 aromatic heterocycles. The second-order valence-corrected chi connectivity index (χ2v) is 10.4. The van der Waals surface area contributed by atoms with Crippen molar-refractivity contribution >= 4 is 20.1 Å². The van der Waals surface area contributed by atoms with Gasteiger partial charge in [-0.05, 0) is 67.6 Å². The Balaban J connectivity index is 1.75. The molecule has 0 saturated heterocycles. The lowest BCUT2D eigenvalue weighted by Gasteiger charge is -2.14. The van der Waals surface area contributed by atoms with Gasteiger partial charge in [-0.15, -0.1) is 0 Å². The molecule has 0 spiro atoms. The second kappa shape index (κ2) is 9.27. The zero-order valence-corrected chi connectivity index (χ0v) is 18.9. The smallest absolute Gasteiger partial charge is 0.282 e. The molecule has 2 N–H and O–H groups in total. The van der Waals surface area contributed by atoms with E-state index in [0.29, 0.717) is 18.4 Å². The van der Waals surface area contributed by atoms with E-state index in [1.54, 1.807) is 36.7 Å². The predicted molar refractivity (Wildman–Crippen MR) is 119 cm³/mol. The number of rotatable bonds is 8. The summed E-state index contributed by atoms with van der Waals surface area (Å²) in [4.78, 5) is 4.10. The van der Waals surface area contributed by atoms with Gasteiger partial charge in [-0.25, -0.2) is 13.1 Å². The first-order valence-electron chi connectivity index (χ1n) is 9.66. The molecule has 0 saturated carbocycles. The number of hydrogen-bond acceptors (Lipinski definition) is 5. The highest BCUT2D eigenvalue weighted by Gasteiger charge is 2.20. The van der Waals surface area contributed by atoms with Crippen molar-refractivity contribution in [3.05, 3.63) is 77.6 Å². The summed E-state index contributed by atoms with van der Waals surface area (Å²) in [6.45, 7) is 3.87. The molecule has 1 heterocycles. The Hall–Kier alpha value is -2.59. The van der Waals surface area contributed by atoms with Crippen LogP contribution in [0.4, 0.5) is 0 Å². The minimum atomic E-state index is -4.28. The maximum absolute atomic E-state index is 13.0. The molecule has 0 aliphatic carbocycles. The average Bonchev–Trinajstić information content (AvgIpc) is 2.72. The minimum absolute atomic E-state index is 0.172. The van der Waals surface area contributed by atoms with Crippen LogP contribution in [0.25, 0.3) is 11.1 Å². The summed E-state index contributed by atoms with van der Waals surface area (Å²) in [7, 11) is -8.06. The van der Waals surface area contributed by atoms with Crippen LogP contribution in [0.1, 0.15) is 23.1 Å². The van der Waals surface area contributed by atoms with Crippen LogP contribution in [0.3, 0.4) is 0 Å². The fourth-order valence-corrected chi connectivity index (χ4v) is 5.29. The van der Waals surface area contributed by atoms with Crippen molar-refractivity contribution in [2.45, 2.75) is 36.5 Å². The molecule has 0 atom stereocenters. The van der Waals surface area contributed by atoms with Crippen LogP contribution < -0.4 is 4.72 Å². The van der Waals surface area contributed by atoms with E-state index in [2.05, 4.69) is 9.71 Å². The lowest BCUT2D eigenvalue weighted by atomic mass is 10.0. The van der Waals surface area contributed by atoms with Gasteiger partial charge in [-0.2, -0.15) is 8.42 Å². The maximum atomic E-state index is 13.0. The Labute approximate surface area is 183 Å². The lowest BCUT2D eigenvalue weighted by Crippen LogP contribution is -2.26. The predicted octanol–water partition coefficient (Wildman–Crippen LogP) is 3.52. The molecular formula is C22H24N2O5S2. The molecule has 3 rings (SSSR count). The third kappa shape index (κ3) is 5.56. The lowest BCUT2D eigenvalue weighted by molar-refractivity contribution is 0.483. The monoisotopic (exact) mass is 460 g/mol. The van der Waals surface area contributed by atoms with E-state index in [1.165, 1.54) is 12.1 Å². The fraction of sp³-hybridized carbons (Fsp3) is 0.227. The van der Waals surface area contributed by atoms with Crippen molar-refractivity contribution < 1.29 is 21.4 Å². The van der Waals surface area contributed by atoms with Crippen LogP contribution in [0.5, 0.6) is 0 Å². The number of nitrogens with one attached hydrogen (secondary N) is 1. The van der Waals surface area contributed by atoms with Crippen molar-refractivity contribution in [2.75, 3.05) is 6.54 Å². The number of aromatic nitrogens is 1. The standard InChI is InChI=1S/C22H24N2O5S2/c1-16-10-11-20(31(27,28)29)14-18(16)7-5-13-24-30(25,26)21-9-3-6-17(2)22(21)19-8-4-12-23-15-19/h3-4,6,8-12,14-15,24H,5,7,13H2,1-2H3,(H,27,28,29). The van der Waals surface area contributed by atoms with Gasteiger partial charge in [0.25, 0.3) is 10.1 Å². The number of pyridine rings is 1. The van der Waals surface area contributed by atoms with Gasteiger partial charge >= 0.3 is 0 Å². The molecule has 0 unspecified atom stereocenters. The summed E-state index contributed by atoms with van der Waals surface area (Å²) in [5, 5.41) is 0. The number of sulfonamides is 1. The first kappa shape index (κ1) is 23.1. The van der Waals surface area contributed by atoms with Crippen molar-refractivity contribution in [1.82, 2.24) is 9.71 Å². The molecule has 2 aromatic carbocycles. The third-order valence-electron chi connectivity index (χ3n) is 5.01. The zero-order valence-electron chi connectivity index (χ0n) is 17.2. The number of hydrogen-bond donors (Lipinski definition) is 2. The Kier molecular flexibility index (Phi) is 6.90. The summed E-state index contributed by atoms with van der Waals surface area (Å²) in [6, 6.07) is 13.1. The van der Waals surface area contributed by atoms with Crippen LogP contribution in [0.15, 0.2) is 70.7 Å². The molecule has 0 aliphatic heterocycles. The largest absolute Gasteiger partial charge is 0.294 e. The second-order valence-electron chi connectivity index (χ2n) is 7.25. The molecule has 0 fully saturated rings. The van der Waals surface area contributed by atoms with Crippen molar-refractivity contribution in [1.29, 1.82) is 0 Å². The van der Waals surface area contributed by atoms with Crippen LogP contribution in [-0.4, -0.2) is 32.9 Å². The Morgan fingerprint density at radius 3 is 2.42 bits per heavy atom. The Morgan fingerprint density at radius 2 is 1.74 bits per heavy atom. The first-order chi connectivity index (χ1) is 14.6. The van der Waals surface area contributed by atoms with Crippen LogP contribution in [-0.2, 0) is 26.6 Å². The molecule has 7 nitrogen and oxygen atoms in total. The topological polar surface area (TPSA) is 113 Å². The first-order valence-corrected chi connectivity index (χ1v) is 12.6. The molecule has 9 heteroatoms. The third-order valence-corrected chi connectivity index (χ3v) is 7.36. The van der Waals surface area contributed by atoms with Crippen molar-refractivity contribution in [2.24, 2.45) is 0 Å². The number of nitrogens with zero attached hydrogens (tertiary/aromatic N) is 1. The molecule has 0 bridgehead atoms. The number of aryl methyl sites for hydroxylation is 3. The molecule has 3 aromatic rings. The van der Waals surface area contributed by atoms with E-state index in [-0.39, 0.29) is 16.3 Å². The average molecular weight is 461 g/mol. The van der Waals surface area contributed by atoms with Crippen molar-refractivity contribution in [3.63, 3.8) is 0 Å². The molecule has 0 radical (unpaired) electrons. The molecular weight excluding hydrogens is 436 g/mol. The fourth-order valence-electron chi connectivity index (χ4n) is 3.39. The van der Waals surface area contributed by atoms with Gasteiger partial charge in [0.15, 0.2) is 0 Å². The molecule has 164 valence electrons. The van der Waals surface area contributed by atoms with E-state index < -0.39 is 20.1 Å². The van der Waals surface area contributed by atoms with E-state index >= 15 is 0 Å². The van der Waals surface area contributed by atoms with E-state index in [0.717, 1.165) is 22.3 Å². The van der Waals surface area contributed by atoms with Gasteiger partial charge in [-0.1, -0.05) is 24.3 Å². The Bertz CT molecular complexity index is 1290. The van der Waals surface area contributed by atoms with Crippen molar-refractivity contribution in [3.8, 4) is 11.1 Å². The van der Waals surface area contributed by atoms with Gasteiger partial charge < -0.3 is 0 Å². The summed E-state index contributed by atoms with van der Waals surface area (Å²) in [6.07, 6.45) is 4.18. The van der Waals surface area contributed by atoms with Gasteiger partial charge in [-0.3, -0.25) is 9.54 Å². The summed E-state index contributed by atoms with van der Waals surface area (Å²) in [5.74, 6) is 0. The van der Waals surface area contributed by atoms with Crippen LogP contribution in [0.2, 0.25) is 0 Å². The van der Waals surface area contributed by atoms with Gasteiger partial charge in [0, 0.05) is 30.1 Å². The molecule has 0 aliphatic rings. The van der Waals surface area contributed by atoms with Gasteiger partial charge in [0.1, 0.15) is 0 Å². The van der Waals surface area contributed by atoms with E-state index in [1.807, 2.05) is 26.0 Å².